The Bertz CT molecular complexity index is 174. The van der Waals surface area contributed by atoms with Crippen LogP contribution in [0.1, 0.15) is 72.1 Å². The highest BCUT2D eigenvalue weighted by Gasteiger charge is 2.18. The minimum Gasteiger partial charge on any atom is -0.317 e. The van der Waals surface area contributed by atoms with Gasteiger partial charge in [-0.25, -0.2) is 0 Å². The van der Waals surface area contributed by atoms with Gasteiger partial charge in [0.1, 0.15) is 0 Å². The van der Waals surface area contributed by atoms with Crippen molar-refractivity contribution in [3.63, 3.8) is 0 Å². The Balaban J connectivity index is 2.15. The molecule has 1 saturated carbocycles. The summed E-state index contributed by atoms with van der Waals surface area (Å²) in [5, 5.41) is 3.50. The Kier molecular flexibility index (Phi) is 5.82. The standard InChI is InChI=1S/C15H31N/c1-15(2,3)12-11-14(16-4)10-9-13-7-5-6-8-13/h13-14,16H,5-12H2,1-4H3. The summed E-state index contributed by atoms with van der Waals surface area (Å²) in [6.07, 6.45) is 11.5. The Morgan fingerprint density at radius 1 is 1.12 bits per heavy atom. The maximum absolute atomic E-state index is 3.50. The lowest BCUT2D eigenvalue weighted by atomic mass is 9.87. The summed E-state index contributed by atoms with van der Waals surface area (Å²) in [6, 6.07) is 0.750. The molecular weight excluding hydrogens is 194 g/mol. The molecule has 0 amide bonds. The van der Waals surface area contributed by atoms with E-state index in [4.69, 9.17) is 0 Å². The zero-order chi connectivity index (χ0) is 12.0. The molecule has 1 fully saturated rings. The van der Waals surface area contributed by atoms with E-state index in [0.717, 1.165) is 12.0 Å². The van der Waals surface area contributed by atoms with Crippen LogP contribution in [0.5, 0.6) is 0 Å². The molecule has 0 aromatic rings. The Hall–Kier alpha value is -0.0400. The summed E-state index contributed by atoms with van der Waals surface area (Å²) in [6.45, 7) is 7.03. The molecule has 0 aromatic heterocycles. The van der Waals surface area contributed by atoms with Crippen LogP contribution in [0.15, 0.2) is 0 Å². The first-order chi connectivity index (χ1) is 7.51. The summed E-state index contributed by atoms with van der Waals surface area (Å²) in [5.74, 6) is 1.05. The fourth-order valence-corrected chi connectivity index (χ4v) is 2.78. The highest BCUT2D eigenvalue weighted by molar-refractivity contribution is 4.74. The molecule has 0 spiro atoms. The molecule has 16 heavy (non-hydrogen) atoms. The predicted octanol–water partition coefficient (Wildman–Crippen LogP) is 4.37. The fourth-order valence-electron chi connectivity index (χ4n) is 2.78. The third kappa shape index (κ3) is 5.89. The average molecular weight is 225 g/mol. The van der Waals surface area contributed by atoms with Crippen molar-refractivity contribution in [2.45, 2.75) is 78.2 Å². The van der Waals surface area contributed by atoms with E-state index in [9.17, 15) is 0 Å². The molecule has 96 valence electrons. The molecular formula is C15H31N. The van der Waals surface area contributed by atoms with Crippen molar-refractivity contribution < 1.29 is 0 Å². The Morgan fingerprint density at radius 3 is 2.25 bits per heavy atom. The van der Waals surface area contributed by atoms with Crippen molar-refractivity contribution in [1.29, 1.82) is 0 Å². The van der Waals surface area contributed by atoms with Gasteiger partial charge in [0.25, 0.3) is 0 Å². The van der Waals surface area contributed by atoms with Crippen LogP contribution in [-0.2, 0) is 0 Å². The van der Waals surface area contributed by atoms with E-state index in [1.807, 2.05) is 0 Å². The van der Waals surface area contributed by atoms with Gasteiger partial charge in [0.2, 0.25) is 0 Å². The maximum atomic E-state index is 3.50. The van der Waals surface area contributed by atoms with Gasteiger partial charge in [-0.2, -0.15) is 0 Å². The van der Waals surface area contributed by atoms with Crippen LogP contribution in [0.25, 0.3) is 0 Å². The molecule has 0 radical (unpaired) electrons. The van der Waals surface area contributed by atoms with Gasteiger partial charge in [-0.1, -0.05) is 46.5 Å². The van der Waals surface area contributed by atoms with Gasteiger partial charge in [-0.3, -0.25) is 0 Å². The quantitative estimate of drug-likeness (QED) is 0.708. The van der Waals surface area contributed by atoms with Crippen LogP contribution in [-0.4, -0.2) is 13.1 Å². The zero-order valence-electron chi connectivity index (χ0n) is 11.8. The molecule has 0 heterocycles. The van der Waals surface area contributed by atoms with Gasteiger partial charge in [0, 0.05) is 6.04 Å². The third-order valence-electron chi connectivity index (χ3n) is 4.05. The van der Waals surface area contributed by atoms with Crippen LogP contribution in [0.2, 0.25) is 0 Å². The topological polar surface area (TPSA) is 12.0 Å². The van der Waals surface area contributed by atoms with Crippen LogP contribution in [0.4, 0.5) is 0 Å². The zero-order valence-corrected chi connectivity index (χ0v) is 11.8. The molecule has 1 heteroatoms. The Morgan fingerprint density at radius 2 is 1.75 bits per heavy atom. The largest absolute Gasteiger partial charge is 0.317 e. The maximum Gasteiger partial charge on any atom is 0.00643 e. The van der Waals surface area contributed by atoms with Crippen LogP contribution in [0.3, 0.4) is 0 Å². The lowest BCUT2D eigenvalue weighted by Crippen LogP contribution is -2.27. The summed E-state index contributed by atoms with van der Waals surface area (Å²) >= 11 is 0. The highest BCUT2D eigenvalue weighted by atomic mass is 14.9. The molecule has 1 rings (SSSR count). The van der Waals surface area contributed by atoms with E-state index in [1.54, 1.807) is 0 Å². The SMILES string of the molecule is CNC(CCC1CCCC1)CCC(C)(C)C. The monoisotopic (exact) mass is 225 g/mol. The molecule has 1 N–H and O–H groups in total. The second-order valence-electron chi connectivity index (χ2n) is 6.81. The van der Waals surface area contributed by atoms with Gasteiger partial charge in [-0.05, 0) is 44.1 Å². The molecule has 1 nitrogen and oxygen atoms in total. The van der Waals surface area contributed by atoms with Crippen LogP contribution < -0.4 is 5.32 Å². The summed E-state index contributed by atoms with van der Waals surface area (Å²) in [5.41, 5.74) is 0.489. The molecule has 1 unspecified atom stereocenters. The number of hydrogen-bond acceptors (Lipinski definition) is 1. The van der Waals surface area contributed by atoms with Gasteiger partial charge in [-0.15, -0.1) is 0 Å². The second-order valence-corrected chi connectivity index (χ2v) is 6.81. The van der Waals surface area contributed by atoms with Crippen molar-refractivity contribution in [3.05, 3.63) is 0 Å². The van der Waals surface area contributed by atoms with Gasteiger partial charge in [0.05, 0.1) is 0 Å². The second kappa shape index (κ2) is 6.64. The number of rotatable bonds is 6. The van der Waals surface area contributed by atoms with Crippen molar-refractivity contribution in [1.82, 2.24) is 5.32 Å². The first-order valence-corrected chi connectivity index (χ1v) is 7.18. The first-order valence-electron chi connectivity index (χ1n) is 7.18. The third-order valence-corrected chi connectivity index (χ3v) is 4.05. The van der Waals surface area contributed by atoms with Crippen molar-refractivity contribution in [3.8, 4) is 0 Å². The van der Waals surface area contributed by atoms with E-state index in [1.165, 1.54) is 51.4 Å². The van der Waals surface area contributed by atoms with E-state index in [0.29, 0.717) is 5.41 Å². The van der Waals surface area contributed by atoms with Crippen LogP contribution in [0, 0.1) is 11.3 Å². The lowest BCUT2D eigenvalue weighted by molar-refractivity contribution is 0.317. The smallest absolute Gasteiger partial charge is 0.00643 e. The van der Waals surface area contributed by atoms with E-state index in [2.05, 4.69) is 33.1 Å². The molecule has 0 aromatic carbocycles. The number of hydrogen-bond donors (Lipinski definition) is 1. The average Bonchev–Trinajstić information content (AvgIpc) is 2.69. The number of nitrogens with one attached hydrogen (secondary N) is 1. The first kappa shape index (κ1) is 14.0. The van der Waals surface area contributed by atoms with Crippen LogP contribution >= 0.6 is 0 Å². The molecule has 0 saturated heterocycles. The van der Waals surface area contributed by atoms with Crippen molar-refractivity contribution in [2.24, 2.45) is 11.3 Å². The van der Waals surface area contributed by atoms with E-state index < -0.39 is 0 Å². The van der Waals surface area contributed by atoms with Crippen molar-refractivity contribution in [2.75, 3.05) is 7.05 Å². The molecule has 1 aliphatic carbocycles. The molecule has 0 bridgehead atoms. The van der Waals surface area contributed by atoms with E-state index in [-0.39, 0.29) is 0 Å². The van der Waals surface area contributed by atoms with Gasteiger partial charge >= 0.3 is 0 Å². The summed E-state index contributed by atoms with van der Waals surface area (Å²) in [4.78, 5) is 0. The molecule has 1 aliphatic rings. The predicted molar refractivity (Wildman–Crippen MR) is 72.7 cm³/mol. The lowest BCUT2D eigenvalue weighted by Gasteiger charge is -2.23. The van der Waals surface area contributed by atoms with Gasteiger partial charge in [0.15, 0.2) is 0 Å². The van der Waals surface area contributed by atoms with Crippen molar-refractivity contribution >= 4 is 0 Å². The normalized spacial score (nSPS) is 20.2. The highest BCUT2D eigenvalue weighted by Crippen LogP contribution is 2.30. The Labute approximate surface area is 102 Å². The van der Waals surface area contributed by atoms with E-state index >= 15 is 0 Å². The minimum atomic E-state index is 0.489. The fraction of sp³-hybridized carbons (Fsp3) is 1.00. The summed E-state index contributed by atoms with van der Waals surface area (Å²) in [7, 11) is 2.13. The molecule has 1 atom stereocenters. The summed E-state index contributed by atoms with van der Waals surface area (Å²) < 4.78 is 0. The minimum absolute atomic E-state index is 0.489. The molecule has 0 aliphatic heterocycles. The van der Waals surface area contributed by atoms with Gasteiger partial charge < -0.3 is 5.32 Å².